The van der Waals surface area contributed by atoms with E-state index in [4.69, 9.17) is 0 Å². The van der Waals surface area contributed by atoms with Crippen molar-refractivity contribution in [1.82, 2.24) is 9.73 Å². The lowest BCUT2D eigenvalue weighted by atomic mass is 10.2. The first kappa shape index (κ1) is 26.1. The van der Waals surface area contributed by atoms with Crippen LogP contribution in [0.15, 0.2) is 87.3 Å². The lowest BCUT2D eigenvalue weighted by Gasteiger charge is -2.21. The van der Waals surface area contributed by atoms with Gasteiger partial charge in [-0.15, -0.1) is 0 Å². The number of rotatable bonds is 9. The SMILES string of the molecule is CC(=O)Nc1ccc(S(=O)(=O)N(CC(=O)N/N=C\c2cc(Br)ccc2O)Cc2ccccc2)cc1. The minimum Gasteiger partial charge on any atom is -0.507 e. The molecule has 35 heavy (non-hydrogen) atoms. The number of hydrazone groups is 1. The summed E-state index contributed by atoms with van der Waals surface area (Å²) in [7, 11) is -4.07. The second kappa shape index (κ2) is 11.7. The first-order valence-electron chi connectivity index (χ1n) is 10.4. The van der Waals surface area contributed by atoms with Crippen LogP contribution in [0.5, 0.6) is 5.75 Å². The number of amides is 2. The van der Waals surface area contributed by atoms with E-state index < -0.39 is 22.5 Å². The maximum Gasteiger partial charge on any atom is 0.255 e. The first-order chi connectivity index (χ1) is 16.6. The molecule has 0 atom stereocenters. The van der Waals surface area contributed by atoms with Crippen molar-refractivity contribution < 1.29 is 23.1 Å². The van der Waals surface area contributed by atoms with Crippen LogP contribution in [0.2, 0.25) is 0 Å². The zero-order valence-electron chi connectivity index (χ0n) is 18.7. The van der Waals surface area contributed by atoms with E-state index in [1.54, 1.807) is 36.4 Å². The number of halogens is 1. The number of carbonyl (C=O) groups is 2. The molecule has 0 fully saturated rings. The van der Waals surface area contributed by atoms with Gasteiger partial charge in [-0.3, -0.25) is 9.59 Å². The van der Waals surface area contributed by atoms with E-state index in [0.717, 1.165) is 4.31 Å². The quantitative estimate of drug-likeness (QED) is 0.273. The van der Waals surface area contributed by atoms with Crippen molar-refractivity contribution in [1.29, 1.82) is 0 Å². The number of aromatic hydroxyl groups is 1. The number of nitrogens with one attached hydrogen (secondary N) is 2. The lowest BCUT2D eigenvalue weighted by Crippen LogP contribution is -2.39. The predicted molar refractivity (Wildman–Crippen MR) is 136 cm³/mol. The second-order valence-corrected chi connectivity index (χ2v) is 10.3. The van der Waals surface area contributed by atoms with E-state index in [-0.39, 0.29) is 23.1 Å². The molecule has 3 N–H and O–H groups in total. The maximum atomic E-state index is 13.4. The van der Waals surface area contributed by atoms with Gasteiger partial charge >= 0.3 is 0 Å². The van der Waals surface area contributed by atoms with Crippen LogP contribution >= 0.6 is 15.9 Å². The van der Waals surface area contributed by atoms with Gasteiger partial charge in [0.15, 0.2) is 0 Å². The molecule has 0 spiro atoms. The number of hydrogen-bond acceptors (Lipinski definition) is 6. The molecule has 0 aliphatic carbocycles. The fraction of sp³-hybridized carbons (Fsp3) is 0.125. The van der Waals surface area contributed by atoms with Crippen LogP contribution in [0.3, 0.4) is 0 Å². The molecule has 0 bridgehead atoms. The number of anilines is 1. The summed E-state index contributed by atoms with van der Waals surface area (Å²) < 4.78 is 28.5. The Hall–Kier alpha value is -3.54. The number of carbonyl (C=O) groups excluding carboxylic acids is 2. The van der Waals surface area contributed by atoms with E-state index in [9.17, 15) is 23.1 Å². The standard InChI is InChI=1S/C24H23BrN4O5S/c1-17(30)27-21-8-10-22(11-9-21)35(33,34)29(15-18-5-3-2-4-6-18)16-24(32)28-26-14-19-13-20(25)7-12-23(19)31/h2-14,31H,15-16H2,1H3,(H,27,30)(H,28,32)/b26-14-. The van der Waals surface area contributed by atoms with Crippen LogP contribution in [-0.4, -0.2) is 42.4 Å². The van der Waals surface area contributed by atoms with Crippen LogP contribution in [0.1, 0.15) is 18.1 Å². The van der Waals surface area contributed by atoms with E-state index in [1.807, 2.05) is 6.07 Å². The minimum atomic E-state index is -4.07. The summed E-state index contributed by atoms with van der Waals surface area (Å²) >= 11 is 3.29. The summed E-state index contributed by atoms with van der Waals surface area (Å²) in [5.41, 5.74) is 3.82. The van der Waals surface area contributed by atoms with E-state index in [0.29, 0.717) is 21.3 Å². The highest BCUT2D eigenvalue weighted by molar-refractivity contribution is 9.10. The lowest BCUT2D eigenvalue weighted by molar-refractivity contribution is -0.121. The minimum absolute atomic E-state index is 0.0257. The Morgan fingerprint density at radius 2 is 1.74 bits per heavy atom. The van der Waals surface area contributed by atoms with Gasteiger partial charge in [0.05, 0.1) is 17.7 Å². The van der Waals surface area contributed by atoms with E-state index in [2.05, 4.69) is 31.8 Å². The maximum absolute atomic E-state index is 13.4. The molecule has 2 amide bonds. The second-order valence-electron chi connectivity index (χ2n) is 7.46. The molecular weight excluding hydrogens is 536 g/mol. The van der Waals surface area contributed by atoms with Gasteiger partial charge in [0.1, 0.15) is 5.75 Å². The average molecular weight is 559 g/mol. The Bertz CT molecular complexity index is 1330. The Labute approximate surface area is 211 Å². The molecule has 0 saturated heterocycles. The summed E-state index contributed by atoms with van der Waals surface area (Å²) in [6, 6.07) is 19.3. The summed E-state index contributed by atoms with van der Waals surface area (Å²) in [5, 5.41) is 16.3. The summed E-state index contributed by atoms with van der Waals surface area (Å²) in [6.07, 6.45) is 1.26. The van der Waals surface area contributed by atoms with Gasteiger partial charge in [0.2, 0.25) is 15.9 Å². The molecule has 0 unspecified atom stereocenters. The monoisotopic (exact) mass is 558 g/mol. The van der Waals surface area contributed by atoms with E-state index in [1.165, 1.54) is 43.5 Å². The van der Waals surface area contributed by atoms with Crippen molar-refractivity contribution in [2.24, 2.45) is 5.10 Å². The molecule has 0 saturated carbocycles. The van der Waals surface area contributed by atoms with Crippen molar-refractivity contribution >= 4 is 49.7 Å². The smallest absolute Gasteiger partial charge is 0.255 e. The highest BCUT2D eigenvalue weighted by atomic mass is 79.9. The van der Waals surface area contributed by atoms with Crippen LogP contribution in [-0.2, 0) is 26.2 Å². The number of phenols is 1. The molecule has 0 heterocycles. The van der Waals surface area contributed by atoms with Crippen molar-refractivity contribution in [2.45, 2.75) is 18.4 Å². The molecule has 0 aromatic heterocycles. The van der Waals surface area contributed by atoms with Gasteiger partial charge in [0, 0.05) is 29.2 Å². The van der Waals surface area contributed by atoms with Crippen molar-refractivity contribution in [3.05, 3.63) is 88.4 Å². The van der Waals surface area contributed by atoms with Gasteiger partial charge < -0.3 is 10.4 Å². The Morgan fingerprint density at radius 1 is 1.06 bits per heavy atom. The summed E-state index contributed by atoms with van der Waals surface area (Å²) in [6.45, 7) is 0.817. The highest BCUT2D eigenvalue weighted by Crippen LogP contribution is 2.21. The number of sulfonamides is 1. The topological polar surface area (TPSA) is 128 Å². The molecule has 0 aliphatic heterocycles. The van der Waals surface area contributed by atoms with Crippen LogP contribution in [0.4, 0.5) is 5.69 Å². The van der Waals surface area contributed by atoms with Crippen LogP contribution in [0.25, 0.3) is 0 Å². The van der Waals surface area contributed by atoms with Crippen molar-refractivity contribution in [3.8, 4) is 5.75 Å². The summed E-state index contributed by atoms with van der Waals surface area (Å²) in [4.78, 5) is 23.8. The van der Waals surface area contributed by atoms with Crippen LogP contribution in [0, 0.1) is 0 Å². The van der Waals surface area contributed by atoms with Crippen LogP contribution < -0.4 is 10.7 Å². The normalized spacial score (nSPS) is 11.5. The van der Waals surface area contributed by atoms with Crippen molar-refractivity contribution in [3.63, 3.8) is 0 Å². The third-order valence-electron chi connectivity index (χ3n) is 4.72. The molecule has 0 aliphatic rings. The predicted octanol–water partition coefficient (Wildman–Crippen LogP) is 3.45. The molecule has 3 aromatic rings. The zero-order chi connectivity index (χ0) is 25.4. The van der Waals surface area contributed by atoms with Gasteiger partial charge in [-0.05, 0) is 48.0 Å². The largest absolute Gasteiger partial charge is 0.507 e. The van der Waals surface area contributed by atoms with Crippen molar-refractivity contribution in [2.75, 3.05) is 11.9 Å². The molecule has 3 aromatic carbocycles. The molecular formula is C24H23BrN4O5S. The van der Waals surface area contributed by atoms with E-state index >= 15 is 0 Å². The molecule has 11 heteroatoms. The third kappa shape index (κ3) is 7.47. The molecule has 9 nitrogen and oxygen atoms in total. The Morgan fingerprint density at radius 3 is 2.40 bits per heavy atom. The fourth-order valence-corrected chi connectivity index (χ4v) is 4.84. The zero-order valence-corrected chi connectivity index (χ0v) is 21.1. The number of benzene rings is 3. The Kier molecular flexibility index (Phi) is 8.74. The fourth-order valence-electron chi connectivity index (χ4n) is 3.07. The third-order valence-corrected chi connectivity index (χ3v) is 7.02. The number of phenolic OH excluding ortho intramolecular Hbond substituents is 1. The van der Waals surface area contributed by atoms with Gasteiger partial charge in [-0.25, -0.2) is 13.8 Å². The molecule has 182 valence electrons. The highest BCUT2D eigenvalue weighted by Gasteiger charge is 2.27. The first-order valence-corrected chi connectivity index (χ1v) is 12.6. The van der Waals surface area contributed by atoms with Gasteiger partial charge in [-0.1, -0.05) is 46.3 Å². The molecule has 0 radical (unpaired) electrons. The average Bonchev–Trinajstić information content (AvgIpc) is 2.81. The number of nitrogens with zero attached hydrogens (tertiary/aromatic N) is 2. The number of hydrogen-bond donors (Lipinski definition) is 3. The molecule has 3 rings (SSSR count). The summed E-state index contributed by atoms with van der Waals surface area (Å²) in [5.74, 6) is -0.966. The van der Waals surface area contributed by atoms with Gasteiger partial charge in [0.25, 0.3) is 5.91 Å². The Balaban J connectivity index is 1.79. The van der Waals surface area contributed by atoms with Gasteiger partial charge in [-0.2, -0.15) is 9.41 Å².